The Hall–Kier alpha value is -1.26. The highest BCUT2D eigenvalue weighted by molar-refractivity contribution is 5.46. The summed E-state index contributed by atoms with van der Waals surface area (Å²) in [4.78, 5) is 0. The molecule has 0 heterocycles. The first-order chi connectivity index (χ1) is 7.55. The zero-order valence-corrected chi connectivity index (χ0v) is 10.3. The Kier molecular flexibility index (Phi) is 5.45. The quantitative estimate of drug-likeness (QED) is 0.537. The minimum absolute atomic E-state index is 0.0915. The van der Waals surface area contributed by atoms with E-state index in [1.807, 2.05) is 0 Å². The van der Waals surface area contributed by atoms with E-state index in [1.165, 1.54) is 6.92 Å². The second-order valence-electron chi connectivity index (χ2n) is 4.43. The second-order valence-corrected chi connectivity index (χ2v) is 4.43. The largest absolute Gasteiger partial charge is 0.419 e. The van der Waals surface area contributed by atoms with Crippen LogP contribution >= 0.6 is 0 Å². The molecule has 17 heavy (non-hydrogen) atoms. The van der Waals surface area contributed by atoms with Gasteiger partial charge < -0.3 is 5.73 Å². The van der Waals surface area contributed by atoms with Gasteiger partial charge in [0.05, 0.1) is 5.56 Å². The standard InChI is InChI=1S/C8H7F4N.C4H10/c1-4-2-5(13)3-6(7(4)9)8(10,11)12;1-4(2)3/h2-3H,13H2,1H3;4H,1-3H3. The Morgan fingerprint density at radius 2 is 1.53 bits per heavy atom. The lowest BCUT2D eigenvalue weighted by Crippen LogP contribution is -2.10. The molecule has 0 amide bonds. The van der Waals surface area contributed by atoms with Crippen LogP contribution in [0.25, 0.3) is 0 Å². The van der Waals surface area contributed by atoms with E-state index in [-0.39, 0.29) is 11.3 Å². The summed E-state index contributed by atoms with van der Waals surface area (Å²) in [7, 11) is 0. The molecule has 5 heteroatoms. The summed E-state index contributed by atoms with van der Waals surface area (Å²) in [6.07, 6.45) is -4.69. The summed E-state index contributed by atoms with van der Waals surface area (Å²) >= 11 is 0. The first-order valence-electron chi connectivity index (χ1n) is 5.18. The molecular weight excluding hydrogens is 234 g/mol. The molecule has 2 N–H and O–H groups in total. The van der Waals surface area contributed by atoms with Crippen molar-refractivity contribution in [1.29, 1.82) is 0 Å². The smallest absolute Gasteiger partial charge is 0.399 e. The predicted octanol–water partition coefficient (Wildman–Crippen LogP) is 4.40. The van der Waals surface area contributed by atoms with E-state index >= 15 is 0 Å². The van der Waals surface area contributed by atoms with Gasteiger partial charge in [-0.05, 0) is 30.5 Å². The number of nitrogens with two attached hydrogens (primary N) is 1. The van der Waals surface area contributed by atoms with Crippen molar-refractivity contribution in [3.05, 3.63) is 29.1 Å². The summed E-state index contributed by atoms with van der Waals surface area (Å²) in [6, 6.07) is 1.74. The van der Waals surface area contributed by atoms with Gasteiger partial charge in [0.25, 0.3) is 0 Å². The van der Waals surface area contributed by atoms with E-state index in [0.717, 1.165) is 12.0 Å². The lowest BCUT2D eigenvalue weighted by Gasteiger charge is -2.10. The SMILES string of the molecule is CC(C)C.Cc1cc(N)cc(C(F)(F)F)c1F. The fourth-order valence-corrected chi connectivity index (χ4v) is 1.00. The molecule has 1 nitrogen and oxygen atoms in total. The van der Waals surface area contributed by atoms with Gasteiger partial charge in [-0.25, -0.2) is 4.39 Å². The number of rotatable bonds is 0. The van der Waals surface area contributed by atoms with Gasteiger partial charge in [-0.2, -0.15) is 13.2 Å². The molecule has 0 aliphatic heterocycles. The number of hydrogen-bond acceptors (Lipinski definition) is 1. The van der Waals surface area contributed by atoms with Gasteiger partial charge in [-0.3, -0.25) is 0 Å². The Bertz CT molecular complexity index is 367. The van der Waals surface area contributed by atoms with Gasteiger partial charge in [0.2, 0.25) is 0 Å². The lowest BCUT2D eigenvalue weighted by molar-refractivity contribution is -0.140. The van der Waals surface area contributed by atoms with Crippen LogP contribution < -0.4 is 5.73 Å². The monoisotopic (exact) mass is 251 g/mol. The first-order valence-corrected chi connectivity index (χ1v) is 5.18. The Balaban J connectivity index is 0.000000557. The molecule has 0 unspecified atom stereocenters. The number of alkyl halides is 3. The second kappa shape index (κ2) is 5.89. The normalized spacial score (nSPS) is 11.1. The van der Waals surface area contributed by atoms with Crippen molar-refractivity contribution in [1.82, 2.24) is 0 Å². The summed E-state index contributed by atoms with van der Waals surface area (Å²) in [5.41, 5.74) is 3.65. The van der Waals surface area contributed by atoms with Crippen LogP contribution in [0.3, 0.4) is 0 Å². The van der Waals surface area contributed by atoms with Crippen LogP contribution in [-0.4, -0.2) is 0 Å². The number of aryl methyl sites for hydroxylation is 1. The van der Waals surface area contributed by atoms with Crippen LogP contribution in [0.15, 0.2) is 12.1 Å². The minimum atomic E-state index is -4.69. The van der Waals surface area contributed by atoms with Gasteiger partial charge in [0.15, 0.2) is 0 Å². The highest BCUT2D eigenvalue weighted by atomic mass is 19.4. The summed E-state index contributed by atoms with van der Waals surface area (Å²) < 4.78 is 49.2. The fourth-order valence-electron chi connectivity index (χ4n) is 1.00. The number of anilines is 1. The zero-order chi connectivity index (χ0) is 13.8. The molecule has 0 aromatic heterocycles. The van der Waals surface area contributed by atoms with E-state index in [2.05, 4.69) is 20.8 Å². The molecule has 0 saturated carbocycles. The molecule has 0 spiro atoms. The van der Waals surface area contributed by atoms with Crippen LogP contribution in [0.1, 0.15) is 31.9 Å². The van der Waals surface area contributed by atoms with E-state index in [9.17, 15) is 17.6 Å². The van der Waals surface area contributed by atoms with Gasteiger partial charge in [0, 0.05) is 5.69 Å². The van der Waals surface area contributed by atoms with Crippen LogP contribution in [-0.2, 0) is 6.18 Å². The van der Waals surface area contributed by atoms with Crippen molar-refractivity contribution >= 4 is 5.69 Å². The molecule has 0 aliphatic rings. The van der Waals surface area contributed by atoms with Gasteiger partial charge in [-0.1, -0.05) is 20.8 Å². The van der Waals surface area contributed by atoms with Gasteiger partial charge in [-0.15, -0.1) is 0 Å². The molecule has 1 aromatic carbocycles. The van der Waals surface area contributed by atoms with Crippen molar-refractivity contribution in [2.24, 2.45) is 5.92 Å². The summed E-state index contributed by atoms with van der Waals surface area (Å²) in [6.45, 7) is 7.74. The molecule has 0 saturated heterocycles. The van der Waals surface area contributed by atoms with Crippen LogP contribution in [0.5, 0.6) is 0 Å². The Morgan fingerprint density at radius 3 is 1.88 bits per heavy atom. The molecule has 0 atom stereocenters. The Morgan fingerprint density at radius 1 is 1.12 bits per heavy atom. The fraction of sp³-hybridized carbons (Fsp3) is 0.500. The molecule has 0 fully saturated rings. The van der Waals surface area contributed by atoms with E-state index in [1.54, 1.807) is 0 Å². The summed E-state index contributed by atoms with van der Waals surface area (Å²) in [5, 5.41) is 0. The van der Waals surface area contributed by atoms with Crippen molar-refractivity contribution in [3.63, 3.8) is 0 Å². The van der Waals surface area contributed by atoms with Gasteiger partial charge >= 0.3 is 6.18 Å². The van der Waals surface area contributed by atoms with Crippen molar-refractivity contribution < 1.29 is 17.6 Å². The maximum Gasteiger partial charge on any atom is 0.419 e. The number of hydrogen-bond donors (Lipinski definition) is 1. The van der Waals surface area contributed by atoms with Crippen molar-refractivity contribution in [2.75, 3.05) is 5.73 Å². The molecule has 98 valence electrons. The molecule has 0 bridgehead atoms. The van der Waals surface area contributed by atoms with Crippen LogP contribution in [0.4, 0.5) is 23.2 Å². The number of nitrogen functional groups attached to an aromatic ring is 1. The van der Waals surface area contributed by atoms with Gasteiger partial charge in [0.1, 0.15) is 5.82 Å². The average Bonchev–Trinajstić information content (AvgIpc) is 2.08. The van der Waals surface area contributed by atoms with Crippen molar-refractivity contribution in [2.45, 2.75) is 33.9 Å². The topological polar surface area (TPSA) is 26.0 Å². The minimum Gasteiger partial charge on any atom is -0.399 e. The lowest BCUT2D eigenvalue weighted by atomic mass is 10.1. The third-order valence-electron chi connectivity index (χ3n) is 1.58. The maximum absolute atomic E-state index is 12.9. The zero-order valence-electron chi connectivity index (χ0n) is 10.3. The molecule has 1 rings (SSSR count). The Labute approximate surface area is 98.6 Å². The maximum atomic E-state index is 12.9. The van der Waals surface area contributed by atoms with Crippen molar-refractivity contribution in [3.8, 4) is 0 Å². The molecule has 0 radical (unpaired) electrons. The van der Waals surface area contributed by atoms with Crippen LogP contribution in [0.2, 0.25) is 0 Å². The number of benzene rings is 1. The molecule has 0 aliphatic carbocycles. The third-order valence-corrected chi connectivity index (χ3v) is 1.58. The summed E-state index contributed by atoms with van der Waals surface area (Å²) in [5.74, 6) is -0.429. The number of halogens is 4. The molecular formula is C12H17F4N. The highest BCUT2D eigenvalue weighted by Crippen LogP contribution is 2.33. The average molecular weight is 251 g/mol. The van der Waals surface area contributed by atoms with E-state index < -0.39 is 17.6 Å². The predicted molar refractivity (Wildman–Crippen MR) is 61.1 cm³/mol. The van der Waals surface area contributed by atoms with E-state index in [4.69, 9.17) is 5.73 Å². The van der Waals surface area contributed by atoms with Crippen LogP contribution in [0, 0.1) is 18.7 Å². The third kappa shape index (κ3) is 5.56. The van der Waals surface area contributed by atoms with E-state index in [0.29, 0.717) is 6.07 Å². The highest BCUT2D eigenvalue weighted by Gasteiger charge is 2.34. The molecule has 1 aromatic rings. The first kappa shape index (κ1) is 15.7.